The molecule has 1 aliphatic rings. The van der Waals surface area contributed by atoms with Gasteiger partial charge in [-0.1, -0.05) is 46.0 Å². The molecule has 1 aliphatic heterocycles. The third-order valence-corrected chi connectivity index (χ3v) is 3.71. The van der Waals surface area contributed by atoms with Gasteiger partial charge in [0.05, 0.1) is 0 Å². The molecule has 0 aromatic rings. The van der Waals surface area contributed by atoms with E-state index in [0.717, 1.165) is 6.54 Å². The molecule has 0 spiro atoms. The van der Waals surface area contributed by atoms with E-state index >= 15 is 0 Å². The van der Waals surface area contributed by atoms with Crippen LogP contribution in [0, 0.1) is 0 Å². The van der Waals surface area contributed by atoms with E-state index in [-0.39, 0.29) is 0 Å². The molecule has 0 unspecified atom stereocenters. The van der Waals surface area contributed by atoms with Gasteiger partial charge in [0.25, 0.3) is 0 Å². The van der Waals surface area contributed by atoms with Crippen molar-refractivity contribution in [1.29, 1.82) is 0 Å². The van der Waals surface area contributed by atoms with Crippen LogP contribution in [0.15, 0.2) is 23.4 Å². The predicted molar refractivity (Wildman–Crippen MR) is 77.1 cm³/mol. The summed E-state index contributed by atoms with van der Waals surface area (Å²) in [6.07, 6.45) is 14.1. The molecule has 1 nitrogen and oxygen atoms in total. The van der Waals surface area contributed by atoms with Gasteiger partial charge in [0.1, 0.15) is 0 Å². The Morgan fingerprint density at radius 1 is 1.06 bits per heavy atom. The number of nitrogens with zero attached hydrogens (tertiary/aromatic N) is 1. The molecule has 0 aliphatic carbocycles. The first-order valence-corrected chi connectivity index (χ1v) is 7.38. The smallest absolute Gasteiger partial charge is 0.0388 e. The molecule has 0 saturated heterocycles. The maximum atomic E-state index is 2.48. The van der Waals surface area contributed by atoms with E-state index in [2.05, 4.69) is 37.9 Å². The van der Waals surface area contributed by atoms with Crippen LogP contribution in [0.1, 0.15) is 65.7 Å². The van der Waals surface area contributed by atoms with Crippen LogP contribution < -0.4 is 0 Å². The first-order chi connectivity index (χ1) is 8.27. The van der Waals surface area contributed by atoms with Crippen LogP contribution in [0.25, 0.3) is 0 Å². The number of unbranched alkanes of at least 4 members (excludes halogenated alkanes) is 5. The zero-order valence-electron chi connectivity index (χ0n) is 12.0. The Kier molecular flexibility index (Phi) is 7.07. The van der Waals surface area contributed by atoms with Crippen molar-refractivity contribution in [1.82, 2.24) is 4.90 Å². The highest BCUT2D eigenvalue weighted by Gasteiger charge is 2.08. The minimum absolute atomic E-state index is 1.16. The maximum absolute atomic E-state index is 2.48. The molecule has 0 aromatic heterocycles. The van der Waals surface area contributed by atoms with Crippen molar-refractivity contribution in [2.75, 3.05) is 13.1 Å². The van der Waals surface area contributed by atoms with Gasteiger partial charge in [-0.2, -0.15) is 0 Å². The third kappa shape index (κ3) is 5.43. The average molecular weight is 235 g/mol. The predicted octanol–water partition coefficient (Wildman–Crippen LogP) is 4.90. The first-order valence-electron chi connectivity index (χ1n) is 7.38. The number of hydrogen-bond acceptors (Lipinski definition) is 1. The lowest BCUT2D eigenvalue weighted by atomic mass is 10.0. The van der Waals surface area contributed by atoms with Gasteiger partial charge in [-0.05, 0) is 43.2 Å². The van der Waals surface area contributed by atoms with Gasteiger partial charge in [0, 0.05) is 13.1 Å². The van der Waals surface area contributed by atoms with E-state index in [4.69, 9.17) is 0 Å². The van der Waals surface area contributed by atoms with E-state index in [1.54, 1.807) is 5.57 Å². The van der Waals surface area contributed by atoms with E-state index in [0.29, 0.717) is 0 Å². The molecule has 0 bridgehead atoms. The third-order valence-electron chi connectivity index (χ3n) is 3.71. The van der Waals surface area contributed by atoms with Crippen molar-refractivity contribution in [2.45, 2.75) is 65.7 Å². The molecule has 0 radical (unpaired) electrons. The Labute approximate surface area is 108 Å². The van der Waals surface area contributed by atoms with Crippen molar-refractivity contribution in [2.24, 2.45) is 0 Å². The summed E-state index contributed by atoms with van der Waals surface area (Å²) in [5.41, 5.74) is 3.09. The number of rotatable bonds is 8. The number of allylic oxidation sites excluding steroid dienone is 2. The molecule has 0 aromatic carbocycles. The highest BCUT2D eigenvalue weighted by atomic mass is 15.1. The van der Waals surface area contributed by atoms with Gasteiger partial charge in [-0.15, -0.1) is 0 Å². The highest BCUT2D eigenvalue weighted by molar-refractivity contribution is 5.28. The van der Waals surface area contributed by atoms with E-state index in [9.17, 15) is 0 Å². The Morgan fingerprint density at radius 3 is 2.47 bits per heavy atom. The Morgan fingerprint density at radius 2 is 1.76 bits per heavy atom. The fourth-order valence-electron chi connectivity index (χ4n) is 2.40. The molecule has 0 N–H and O–H groups in total. The van der Waals surface area contributed by atoms with Crippen LogP contribution in [-0.4, -0.2) is 18.0 Å². The molecule has 1 heteroatoms. The van der Waals surface area contributed by atoms with Crippen molar-refractivity contribution in [3.05, 3.63) is 23.4 Å². The topological polar surface area (TPSA) is 3.24 Å². The SMILES string of the molecule is CCCCCCCCN1C=CC(C)=C(CC)C1. The summed E-state index contributed by atoms with van der Waals surface area (Å²) in [6, 6.07) is 0. The quantitative estimate of drug-likeness (QED) is 0.541. The molecule has 0 atom stereocenters. The minimum atomic E-state index is 1.16. The van der Waals surface area contributed by atoms with Gasteiger partial charge in [0.15, 0.2) is 0 Å². The molecular weight excluding hydrogens is 206 g/mol. The van der Waals surface area contributed by atoms with Crippen LogP contribution in [0.4, 0.5) is 0 Å². The summed E-state index contributed by atoms with van der Waals surface area (Å²) >= 11 is 0. The van der Waals surface area contributed by atoms with Gasteiger partial charge in [0.2, 0.25) is 0 Å². The van der Waals surface area contributed by atoms with E-state index in [1.165, 1.54) is 57.1 Å². The van der Waals surface area contributed by atoms with Crippen LogP contribution >= 0.6 is 0 Å². The van der Waals surface area contributed by atoms with E-state index < -0.39 is 0 Å². The van der Waals surface area contributed by atoms with Crippen molar-refractivity contribution >= 4 is 0 Å². The summed E-state index contributed by atoms with van der Waals surface area (Å²) in [6.45, 7) is 9.17. The van der Waals surface area contributed by atoms with Crippen LogP contribution in [0.2, 0.25) is 0 Å². The fraction of sp³-hybridized carbons (Fsp3) is 0.750. The zero-order valence-corrected chi connectivity index (χ0v) is 12.0. The normalized spacial score (nSPS) is 15.8. The summed E-state index contributed by atoms with van der Waals surface area (Å²) < 4.78 is 0. The molecule has 0 saturated carbocycles. The molecule has 1 rings (SSSR count). The van der Waals surface area contributed by atoms with Crippen LogP contribution in [0.3, 0.4) is 0 Å². The molecule has 1 heterocycles. The van der Waals surface area contributed by atoms with Gasteiger partial charge in [-0.3, -0.25) is 0 Å². The Hall–Kier alpha value is -0.720. The number of hydrogen-bond donors (Lipinski definition) is 0. The average Bonchev–Trinajstić information content (AvgIpc) is 2.35. The molecular formula is C16H29N. The second-order valence-electron chi connectivity index (χ2n) is 5.19. The molecule has 98 valence electrons. The summed E-state index contributed by atoms with van der Waals surface area (Å²) in [7, 11) is 0. The molecule has 0 amide bonds. The second kappa shape index (κ2) is 8.38. The van der Waals surface area contributed by atoms with E-state index in [1.807, 2.05) is 0 Å². The Bertz CT molecular complexity index is 263. The monoisotopic (exact) mass is 235 g/mol. The summed E-state index contributed by atoms with van der Waals surface area (Å²) in [4.78, 5) is 2.48. The maximum Gasteiger partial charge on any atom is 0.0388 e. The standard InChI is InChI=1S/C16H29N/c1-4-6-7-8-9-10-12-17-13-11-15(3)16(5-2)14-17/h11,13H,4-10,12,14H2,1-3H3. The van der Waals surface area contributed by atoms with Gasteiger partial charge in [-0.25, -0.2) is 0 Å². The Balaban J connectivity index is 2.12. The largest absolute Gasteiger partial charge is 0.373 e. The lowest BCUT2D eigenvalue weighted by Gasteiger charge is -2.26. The lowest BCUT2D eigenvalue weighted by molar-refractivity contribution is 0.379. The molecule has 17 heavy (non-hydrogen) atoms. The van der Waals surface area contributed by atoms with Gasteiger partial charge < -0.3 is 4.90 Å². The first kappa shape index (κ1) is 14.3. The summed E-state index contributed by atoms with van der Waals surface area (Å²) in [5.74, 6) is 0. The molecule has 0 fully saturated rings. The van der Waals surface area contributed by atoms with Crippen molar-refractivity contribution in [3.8, 4) is 0 Å². The lowest BCUT2D eigenvalue weighted by Crippen LogP contribution is -2.24. The second-order valence-corrected chi connectivity index (χ2v) is 5.19. The van der Waals surface area contributed by atoms with Crippen LogP contribution in [-0.2, 0) is 0 Å². The van der Waals surface area contributed by atoms with Crippen molar-refractivity contribution in [3.63, 3.8) is 0 Å². The minimum Gasteiger partial charge on any atom is -0.373 e. The highest BCUT2D eigenvalue weighted by Crippen LogP contribution is 2.18. The van der Waals surface area contributed by atoms with Crippen molar-refractivity contribution < 1.29 is 0 Å². The zero-order chi connectivity index (χ0) is 12.5. The van der Waals surface area contributed by atoms with Gasteiger partial charge >= 0.3 is 0 Å². The summed E-state index contributed by atoms with van der Waals surface area (Å²) in [5, 5.41) is 0. The fourth-order valence-corrected chi connectivity index (χ4v) is 2.40. The van der Waals surface area contributed by atoms with Crippen LogP contribution in [0.5, 0.6) is 0 Å².